The molecule has 0 radical (unpaired) electrons. The first-order valence-corrected chi connectivity index (χ1v) is 5.75. The molecule has 2 aromatic rings. The number of aromatic nitrogens is 2. The SMILES string of the molecule is N=Ic1cc2[nH]c(=O)ccc2cn1. The van der Waals surface area contributed by atoms with Crippen LogP contribution in [-0.4, -0.2) is 9.97 Å². The molecule has 0 unspecified atom stereocenters. The van der Waals surface area contributed by atoms with Crippen LogP contribution in [0.5, 0.6) is 0 Å². The summed E-state index contributed by atoms with van der Waals surface area (Å²) in [6.07, 6.45) is 1.69. The molecule has 2 N–H and O–H groups in total. The number of H-pyrrole nitrogens is 1. The van der Waals surface area contributed by atoms with E-state index < -0.39 is 21.0 Å². The number of pyridine rings is 2. The summed E-state index contributed by atoms with van der Waals surface area (Å²) in [6.45, 7) is 0. The fourth-order valence-corrected chi connectivity index (χ4v) is 1.82. The number of nitrogens with zero attached hydrogens (tertiary/aromatic N) is 1. The molecule has 0 saturated carbocycles. The van der Waals surface area contributed by atoms with Crippen molar-refractivity contribution >= 4 is 31.9 Å². The fraction of sp³-hybridized carbons (Fsp3) is 0. The van der Waals surface area contributed by atoms with Crippen LogP contribution in [0.15, 0.2) is 29.2 Å². The summed E-state index contributed by atoms with van der Waals surface area (Å²) in [6, 6.07) is 4.98. The second-order valence-electron chi connectivity index (χ2n) is 2.51. The van der Waals surface area contributed by atoms with Crippen molar-refractivity contribution in [3.8, 4) is 0 Å². The third-order valence-corrected chi connectivity index (χ3v) is 2.81. The molecule has 5 heteroatoms. The average Bonchev–Trinajstić information content (AvgIpc) is 2.16. The largest absolute Gasteiger partial charge is 0.322 e. The highest BCUT2D eigenvalue weighted by molar-refractivity contribution is 14.2. The molecule has 0 aliphatic carbocycles. The van der Waals surface area contributed by atoms with Gasteiger partial charge in [0, 0.05) is 38.7 Å². The Kier molecular flexibility index (Phi) is 2.17. The van der Waals surface area contributed by atoms with Gasteiger partial charge in [0.15, 0.2) is 0 Å². The molecule has 4 nitrogen and oxygen atoms in total. The molecule has 0 atom stereocenters. The number of aromatic amines is 1. The van der Waals surface area contributed by atoms with Gasteiger partial charge in [-0.25, -0.2) is 4.98 Å². The Morgan fingerprint density at radius 2 is 2.31 bits per heavy atom. The molecule has 0 aromatic carbocycles. The first-order valence-electron chi connectivity index (χ1n) is 3.59. The Morgan fingerprint density at radius 1 is 1.46 bits per heavy atom. The first kappa shape index (κ1) is 8.49. The second kappa shape index (κ2) is 3.33. The van der Waals surface area contributed by atoms with Crippen LogP contribution in [0.1, 0.15) is 0 Å². The number of halogens is 1. The molecule has 2 rings (SSSR count). The number of hydrogen-bond donors (Lipinski definition) is 2. The van der Waals surface area contributed by atoms with Gasteiger partial charge in [0.1, 0.15) is 3.70 Å². The highest BCUT2D eigenvalue weighted by Crippen LogP contribution is 2.13. The Hall–Kier alpha value is -1.11. The average molecular weight is 287 g/mol. The van der Waals surface area contributed by atoms with E-state index in [4.69, 9.17) is 3.56 Å². The van der Waals surface area contributed by atoms with E-state index in [-0.39, 0.29) is 5.56 Å². The van der Waals surface area contributed by atoms with Crippen LogP contribution >= 0.6 is 21.0 Å². The predicted molar refractivity (Wildman–Crippen MR) is 57.8 cm³/mol. The van der Waals surface area contributed by atoms with Gasteiger partial charge in [-0.2, -0.15) is 0 Å². The number of hydrogen-bond acceptors (Lipinski definition) is 3. The van der Waals surface area contributed by atoms with Crippen LogP contribution in [0.3, 0.4) is 0 Å². The van der Waals surface area contributed by atoms with E-state index in [1.807, 2.05) is 0 Å². The fourth-order valence-electron chi connectivity index (χ4n) is 1.07. The molecule has 66 valence electrons. The minimum Gasteiger partial charge on any atom is -0.322 e. The third kappa shape index (κ3) is 1.64. The lowest BCUT2D eigenvalue weighted by molar-refractivity contribution is 1.25. The summed E-state index contributed by atoms with van der Waals surface area (Å²) in [5, 5.41) is 0.904. The summed E-state index contributed by atoms with van der Waals surface area (Å²) in [4.78, 5) is 17.8. The Balaban J connectivity index is 2.82. The maximum absolute atomic E-state index is 11.0. The molecule has 0 bridgehead atoms. The molecular formula is C8H6IN3O. The van der Waals surface area contributed by atoms with Gasteiger partial charge < -0.3 is 4.98 Å². The van der Waals surface area contributed by atoms with Gasteiger partial charge in [0.25, 0.3) is 0 Å². The minimum atomic E-state index is -0.759. The van der Waals surface area contributed by atoms with Gasteiger partial charge in [-0.3, -0.25) is 8.36 Å². The van der Waals surface area contributed by atoms with E-state index in [0.717, 1.165) is 14.6 Å². The topological polar surface area (TPSA) is 69.6 Å². The molecule has 2 aromatic heterocycles. The molecule has 0 fully saturated rings. The molecule has 0 saturated heterocycles. The van der Waals surface area contributed by atoms with Crippen molar-refractivity contribution in [1.29, 1.82) is 3.56 Å². The molecule has 0 aliphatic rings. The molecular weight excluding hydrogens is 281 g/mol. The first-order chi connectivity index (χ1) is 6.29. The number of fused-ring (bicyclic) bond motifs is 1. The van der Waals surface area contributed by atoms with E-state index >= 15 is 0 Å². The highest BCUT2D eigenvalue weighted by atomic mass is 127. The summed E-state index contributed by atoms with van der Waals surface area (Å²) < 4.78 is 8.00. The zero-order valence-corrected chi connectivity index (χ0v) is 8.70. The van der Waals surface area contributed by atoms with Crippen molar-refractivity contribution in [2.45, 2.75) is 0 Å². The van der Waals surface area contributed by atoms with Gasteiger partial charge in [-0.1, -0.05) is 0 Å². The molecule has 2 heterocycles. The van der Waals surface area contributed by atoms with Gasteiger partial charge in [0.05, 0.1) is 5.52 Å². The second-order valence-corrected chi connectivity index (χ2v) is 4.16. The van der Waals surface area contributed by atoms with Crippen molar-refractivity contribution in [2.75, 3.05) is 0 Å². The molecule has 0 aliphatic heterocycles. The highest BCUT2D eigenvalue weighted by Gasteiger charge is 1.96. The van der Waals surface area contributed by atoms with Gasteiger partial charge in [-0.15, -0.1) is 0 Å². The predicted octanol–water partition coefficient (Wildman–Crippen LogP) is 1.83. The van der Waals surface area contributed by atoms with E-state index in [9.17, 15) is 4.79 Å². The quantitative estimate of drug-likeness (QED) is 0.620. The van der Waals surface area contributed by atoms with E-state index in [1.165, 1.54) is 6.07 Å². The summed E-state index contributed by atoms with van der Waals surface area (Å²) >= 11 is -0.759. The zero-order valence-electron chi connectivity index (χ0n) is 6.54. The molecule has 13 heavy (non-hydrogen) atoms. The van der Waals surface area contributed by atoms with Gasteiger partial charge in [-0.05, 0) is 12.1 Å². The van der Waals surface area contributed by atoms with E-state index in [0.29, 0.717) is 0 Å². The lowest BCUT2D eigenvalue weighted by Gasteiger charge is -1.96. The Labute approximate surface area is 84.0 Å². The maximum Gasteiger partial charge on any atom is 0.248 e. The van der Waals surface area contributed by atoms with Crippen molar-refractivity contribution < 1.29 is 0 Å². The molecule has 0 amide bonds. The number of rotatable bonds is 1. The lowest BCUT2D eigenvalue weighted by atomic mass is 10.3. The summed E-state index contributed by atoms with van der Waals surface area (Å²) in [7, 11) is 0. The van der Waals surface area contributed by atoms with Gasteiger partial charge in [0.2, 0.25) is 5.56 Å². The van der Waals surface area contributed by atoms with Crippen LogP contribution in [0, 0.1) is 7.26 Å². The monoisotopic (exact) mass is 287 g/mol. The maximum atomic E-state index is 11.0. The Bertz CT molecular complexity index is 520. The molecule has 0 spiro atoms. The van der Waals surface area contributed by atoms with E-state index in [2.05, 4.69) is 9.97 Å². The lowest BCUT2D eigenvalue weighted by Crippen LogP contribution is -2.02. The van der Waals surface area contributed by atoms with E-state index in [1.54, 1.807) is 18.3 Å². The minimum absolute atomic E-state index is 0.118. The smallest absolute Gasteiger partial charge is 0.248 e. The number of nitrogens with one attached hydrogen (secondary N) is 2. The zero-order chi connectivity index (χ0) is 9.26. The summed E-state index contributed by atoms with van der Waals surface area (Å²) in [5.74, 6) is 0. The standard InChI is InChI=1S/C8H6IN3O/c10-9-7-3-6-5(4-11-7)1-2-8(13)12-6/h1-4,10H,(H,12,13). The van der Waals surface area contributed by atoms with Crippen LogP contribution in [0.25, 0.3) is 10.9 Å². The van der Waals surface area contributed by atoms with Crippen molar-refractivity contribution in [1.82, 2.24) is 9.97 Å². The van der Waals surface area contributed by atoms with Crippen LogP contribution in [0.4, 0.5) is 0 Å². The van der Waals surface area contributed by atoms with Crippen molar-refractivity contribution in [3.63, 3.8) is 0 Å². The van der Waals surface area contributed by atoms with Crippen LogP contribution < -0.4 is 5.56 Å². The van der Waals surface area contributed by atoms with Crippen molar-refractivity contribution in [2.24, 2.45) is 0 Å². The van der Waals surface area contributed by atoms with Gasteiger partial charge >= 0.3 is 0 Å². The Morgan fingerprint density at radius 3 is 3.08 bits per heavy atom. The normalized spacial score (nSPS) is 10.5. The third-order valence-electron chi connectivity index (χ3n) is 1.67. The summed E-state index contributed by atoms with van der Waals surface area (Å²) in [5.41, 5.74) is 0.650. The van der Waals surface area contributed by atoms with Crippen LogP contribution in [0.2, 0.25) is 0 Å². The van der Waals surface area contributed by atoms with Crippen molar-refractivity contribution in [3.05, 3.63) is 38.5 Å². The van der Waals surface area contributed by atoms with Crippen LogP contribution in [-0.2, 0) is 0 Å².